The van der Waals surface area contributed by atoms with Gasteiger partial charge in [0, 0.05) is 20.4 Å². The van der Waals surface area contributed by atoms with Crippen LogP contribution >= 0.6 is 15.4 Å². The first kappa shape index (κ1) is 19.2. The average molecular weight is 322 g/mol. The second-order valence-corrected chi connectivity index (χ2v) is 6.93. The summed E-state index contributed by atoms with van der Waals surface area (Å²) in [4.78, 5) is 18.3. The van der Waals surface area contributed by atoms with Gasteiger partial charge in [0.05, 0.1) is 19.8 Å². The van der Waals surface area contributed by atoms with E-state index in [2.05, 4.69) is 9.05 Å². The molecule has 3 N–H and O–H groups in total. The Morgan fingerprint density at radius 2 is 1.79 bits per heavy atom. The lowest BCUT2D eigenvalue weighted by atomic mass is 10.4. The van der Waals surface area contributed by atoms with Crippen LogP contribution in [0, 0.1) is 0 Å². The van der Waals surface area contributed by atoms with Crippen molar-refractivity contribution in [2.24, 2.45) is 0 Å². The summed E-state index contributed by atoms with van der Waals surface area (Å²) in [6.45, 7) is 0.123. The number of hydrogen-bond acceptors (Lipinski definition) is 7. The predicted molar refractivity (Wildman–Crippen MR) is 65.9 cm³/mol. The maximum atomic E-state index is 11.5. The summed E-state index contributed by atoms with van der Waals surface area (Å²) < 4.78 is 41.1. The molecule has 0 radical (unpaired) electrons. The van der Waals surface area contributed by atoms with Crippen molar-refractivity contribution < 1.29 is 42.3 Å². The van der Waals surface area contributed by atoms with Gasteiger partial charge in [-0.05, 0) is 6.42 Å². The third-order valence-electron chi connectivity index (χ3n) is 1.69. The summed E-state index contributed by atoms with van der Waals surface area (Å²) in [7, 11) is -6.72. The van der Waals surface area contributed by atoms with Crippen molar-refractivity contribution in [3.63, 3.8) is 0 Å². The minimum absolute atomic E-state index is 0.117. The standard InChI is InChI=1S/C8H20O9P2/c1-14-6-8(7-16-18(2,10)11)17-19(12,13)15-5-3-4-9/h8-9H,3-7H2,1-2H3,(H,10,11)(H,12,13). The Morgan fingerprint density at radius 3 is 2.26 bits per heavy atom. The van der Waals surface area contributed by atoms with Gasteiger partial charge in [-0.15, -0.1) is 0 Å². The molecule has 0 spiro atoms. The minimum atomic E-state index is -4.33. The minimum Gasteiger partial charge on any atom is -0.396 e. The molecule has 0 rings (SSSR count). The molecule has 0 saturated carbocycles. The molecule has 19 heavy (non-hydrogen) atoms. The Bertz CT molecular complexity index is 328. The van der Waals surface area contributed by atoms with Crippen LogP contribution in [-0.2, 0) is 27.4 Å². The van der Waals surface area contributed by atoms with Crippen LogP contribution in [0.1, 0.15) is 6.42 Å². The molecule has 0 fully saturated rings. The third kappa shape index (κ3) is 11.7. The summed E-state index contributed by atoms with van der Waals surface area (Å²) in [5, 5.41) is 8.51. The molecule has 0 aliphatic carbocycles. The molecule has 0 aliphatic rings. The molecule has 0 heterocycles. The zero-order chi connectivity index (χ0) is 14.9. The van der Waals surface area contributed by atoms with Crippen molar-refractivity contribution >= 4 is 15.4 Å². The number of aliphatic hydroxyl groups is 1. The van der Waals surface area contributed by atoms with E-state index in [1.807, 2.05) is 0 Å². The lowest BCUT2D eigenvalue weighted by molar-refractivity contribution is 0.0178. The van der Waals surface area contributed by atoms with E-state index in [9.17, 15) is 14.0 Å². The molecule has 9 nitrogen and oxygen atoms in total. The average Bonchev–Trinajstić information content (AvgIpc) is 2.25. The van der Waals surface area contributed by atoms with Gasteiger partial charge in [0.1, 0.15) is 6.10 Å². The fourth-order valence-corrected chi connectivity index (χ4v) is 2.34. The van der Waals surface area contributed by atoms with Crippen molar-refractivity contribution in [1.82, 2.24) is 0 Å². The molecule has 0 aromatic rings. The molecular formula is C8H20O9P2. The number of phosphoric ester groups is 1. The van der Waals surface area contributed by atoms with Crippen molar-refractivity contribution in [3.8, 4) is 0 Å². The van der Waals surface area contributed by atoms with E-state index in [0.717, 1.165) is 6.66 Å². The fraction of sp³-hybridized carbons (Fsp3) is 1.00. The smallest absolute Gasteiger partial charge is 0.396 e. The largest absolute Gasteiger partial charge is 0.472 e. The van der Waals surface area contributed by atoms with Crippen LogP contribution in [0.2, 0.25) is 0 Å². The summed E-state index contributed by atoms with van der Waals surface area (Å²) in [6.07, 6.45) is -0.851. The van der Waals surface area contributed by atoms with Crippen LogP contribution in [0.3, 0.4) is 0 Å². The Balaban J connectivity index is 4.30. The van der Waals surface area contributed by atoms with Crippen molar-refractivity contribution in [1.29, 1.82) is 0 Å². The summed E-state index contributed by atoms with van der Waals surface area (Å²) in [5.74, 6) is 0. The van der Waals surface area contributed by atoms with Gasteiger partial charge in [0.25, 0.3) is 0 Å². The molecule has 11 heteroatoms. The Morgan fingerprint density at radius 1 is 1.16 bits per heavy atom. The van der Waals surface area contributed by atoms with E-state index in [1.165, 1.54) is 7.11 Å². The first-order valence-electron chi connectivity index (χ1n) is 5.40. The number of hydrogen-bond donors (Lipinski definition) is 3. The van der Waals surface area contributed by atoms with Crippen LogP contribution in [-0.4, -0.2) is 61.2 Å². The van der Waals surface area contributed by atoms with Gasteiger partial charge >= 0.3 is 15.4 Å². The van der Waals surface area contributed by atoms with E-state index in [-0.39, 0.29) is 26.2 Å². The fourth-order valence-electron chi connectivity index (χ4n) is 0.980. The second kappa shape index (κ2) is 9.18. The summed E-state index contributed by atoms with van der Waals surface area (Å²) in [5.41, 5.74) is 0. The maximum absolute atomic E-state index is 11.5. The zero-order valence-electron chi connectivity index (χ0n) is 10.8. The van der Waals surface area contributed by atoms with Gasteiger partial charge in [-0.2, -0.15) is 0 Å². The number of phosphoric acid groups is 1. The van der Waals surface area contributed by atoms with Crippen LogP contribution in [0.15, 0.2) is 0 Å². The predicted octanol–water partition coefficient (Wildman–Crippen LogP) is 0.349. The molecule has 0 saturated heterocycles. The van der Waals surface area contributed by atoms with Gasteiger partial charge in [-0.3, -0.25) is 13.6 Å². The van der Waals surface area contributed by atoms with Gasteiger partial charge in [0.15, 0.2) is 0 Å². The molecule has 0 amide bonds. The quantitative estimate of drug-likeness (QED) is 0.364. The topological polar surface area (TPSA) is 132 Å². The first-order chi connectivity index (χ1) is 8.70. The lowest BCUT2D eigenvalue weighted by Gasteiger charge is -2.20. The summed E-state index contributed by atoms with van der Waals surface area (Å²) in [6, 6.07) is 0. The summed E-state index contributed by atoms with van der Waals surface area (Å²) >= 11 is 0. The Labute approximate surface area is 111 Å². The molecule has 116 valence electrons. The lowest BCUT2D eigenvalue weighted by Crippen LogP contribution is -2.24. The molecular weight excluding hydrogens is 302 g/mol. The molecule has 0 aromatic carbocycles. The second-order valence-electron chi connectivity index (χ2n) is 3.66. The highest BCUT2D eigenvalue weighted by atomic mass is 31.2. The van der Waals surface area contributed by atoms with Crippen molar-refractivity contribution in [3.05, 3.63) is 0 Å². The van der Waals surface area contributed by atoms with E-state index < -0.39 is 28.1 Å². The van der Waals surface area contributed by atoms with Crippen LogP contribution in [0.4, 0.5) is 0 Å². The van der Waals surface area contributed by atoms with Gasteiger partial charge in [-0.1, -0.05) is 0 Å². The molecule has 0 aromatic heterocycles. The Hall–Kier alpha value is 0.180. The van der Waals surface area contributed by atoms with E-state index in [1.54, 1.807) is 0 Å². The monoisotopic (exact) mass is 322 g/mol. The number of aliphatic hydroxyl groups excluding tert-OH is 1. The zero-order valence-corrected chi connectivity index (χ0v) is 12.6. The molecule has 3 unspecified atom stereocenters. The van der Waals surface area contributed by atoms with E-state index in [0.29, 0.717) is 0 Å². The van der Waals surface area contributed by atoms with Gasteiger partial charge in [-0.25, -0.2) is 4.57 Å². The van der Waals surface area contributed by atoms with Crippen molar-refractivity contribution in [2.75, 3.05) is 40.2 Å². The molecule has 0 bridgehead atoms. The van der Waals surface area contributed by atoms with E-state index in [4.69, 9.17) is 19.3 Å². The number of methoxy groups -OCH3 is 1. The Kier molecular flexibility index (Phi) is 9.26. The normalized spacial score (nSPS) is 19.6. The number of ether oxygens (including phenoxy) is 1. The number of rotatable bonds is 11. The maximum Gasteiger partial charge on any atom is 0.472 e. The van der Waals surface area contributed by atoms with Crippen molar-refractivity contribution in [2.45, 2.75) is 12.5 Å². The van der Waals surface area contributed by atoms with Gasteiger partial charge < -0.3 is 24.2 Å². The van der Waals surface area contributed by atoms with Crippen LogP contribution in [0.25, 0.3) is 0 Å². The first-order valence-corrected chi connectivity index (χ1v) is 8.92. The van der Waals surface area contributed by atoms with Gasteiger partial charge in [0.2, 0.25) is 0 Å². The molecule has 0 aliphatic heterocycles. The SMILES string of the molecule is COCC(COP(C)(=O)O)OP(=O)(O)OCCCO. The highest BCUT2D eigenvalue weighted by molar-refractivity contribution is 7.51. The van der Waals surface area contributed by atoms with Crippen LogP contribution < -0.4 is 0 Å². The highest BCUT2D eigenvalue weighted by Crippen LogP contribution is 2.45. The van der Waals surface area contributed by atoms with Crippen LogP contribution in [0.5, 0.6) is 0 Å². The van der Waals surface area contributed by atoms with E-state index >= 15 is 0 Å². The highest BCUT2D eigenvalue weighted by Gasteiger charge is 2.28. The molecule has 3 atom stereocenters. The third-order valence-corrected chi connectivity index (χ3v) is 3.39.